The number of Topliss-reactive ketones (excluding diaryl/α,β-unsaturated/α-hetero) is 1. The Bertz CT molecular complexity index is 1780. The van der Waals surface area contributed by atoms with E-state index in [0.717, 1.165) is 11.3 Å². The first-order chi connectivity index (χ1) is 28.2. The average molecular weight is 922 g/mol. The Hall–Kier alpha value is -3.67. The van der Waals surface area contributed by atoms with Crippen LogP contribution in [0.25, 0.3) is 11.3 Å². The van der Waals surface area contributed by atoms with Crippen LogP contribution in [0.2, 0.25) is 0 Å². The SMILES string of the molecule is C.C.C.C.C.CC[C@H]1OC(=O)[C@H](C)C(=O)[C@H](C)[C@@H](O[C@@H]2OC(C)CC(N(C)C)C2O)[C@](C)(OC)C[C@@H](C)CN(C)[C@H](C)[C@H]2N(CCCCn3cc(-c4cccc(N)c4)nn3)C(=O)O[C@]12C. The van der Waals surface area contributed by atoms with Crippen LogP contribution in [0.15, 0.2) is 30.5 Å². The van der Waals surface area contributed by atoms with Crippen molar-refractivity contribution >= 4 is 23.5 Å². The summed E-state index contributed by atoms with van der Waals surface area (Å²) >= 11 is 0. The number of methoxy groups -OCH3 is 1. The van der Waals surface area contributed by atoms with Crippen LogP contribution in [-0.4, -0.2) is 154 Å². The third-order valence-corrected chi connectivity index (χ3v) is 13.3. The maximum atomic E-state index is 14.4. The Labute approximate surface area is 393 Å². The summed E-state index contributed by atoms with van der Waals surface area (Å²) in [6.45, 7) is 16.7. The van der Waals surface area contributed by atoms with Crippen molar-refractivity contribution in [2.75, 3.05) is 47.1 Å². The lowest BCUT2D eigenvalue weighted by Crippen LogP contribution is -2.61. The number of carbonyl (C=O) groups excluding carboxylic acids is 3. The predicted octanol–water partition coefficient (Wildman–Crippen LogP) is 7.81. The molecule has 0 spiro atoms. The highest BCUT2D eigenvalue weighted by atomic mass is 16.7. The number of nitrogens with zero attached hydrogens (tertiary/aromatic N) is 6. The second-order valence-corrected chi connectivity index (χ2v) is 18.3. The summed E-state index contributed by atoms with van der Waals surface area (Å²) in [6, 6.07) is 6.53. The number of benzene rings is 1. The van der Waals surface area contributed by atoms with Crippen molar-refractivity contribution in [2.45, 2.75) is 191 Å². The number of ketones is 1. The molecule has 3 fully saturated rings. The molecule has 1 aromatic heterocycles. The Morgan fingerprint density at radius 1 is 1.00 bits per heavy atom. The van der Waals surface area contributed by atoms with E-state index in [-0.39, 0.29) is 61.2 Å². The van der Waals surface area contributed by atoms with Gasteiger partial charge in [-0.1, -0.05) is 75.3 Å². The van der Waals surface area contributed by atoms with E-state index in [9.17, 15) is 19.5 Å². The maximum Gasteiger partial charge on any atom is 0.410 e. The summed E-state index contributed by atoms with van der Waals surface area (Å²) in [6.07, 6.45) is 0.232. The summed E-state index contributed by atoms with van der Waals surface area (Å²) in [7, 11) is 7.43. The number of amides is 1. The van der Waals surface area contributed by atoms with E-state index in [1.165, 1.54) is 0 Å². The summed E-state index contributed by atoms with van der Waals surface area (Å²) in [4.78, 5) is 48.4. The van der Waals surface area contributed by atoms with Crippen LogP contribution in [0, 0.1) is 17.8 Å². The first-order valence-electron chi connectivity index (χ1n) is 21.6. The van der Waals surface area contributed by atoms with Crippen molar-refractivity contribution in [3.05, 3.63) is 30.5 Å². The summed E-state index contributed by atoms with van der Waals surface area (Å²) in [5, 5.41) is 20.1. The van der Waals surface area contributed by atoms with Crippen molar-refractivity contribution in [1.82, 2.24) is 29.7 Å². The maximum absolute atomic E-state index is 14.4. The van der Waals surface area contributed by atoms with Crippen molar-refractivity contribution in [2.24, 2.45) is 17.8 Å². The molecule has 4 heterocycles. The number of rotatable bonds is 11. The molecular formula is C49H91N7O9. The van der Waals surface area contributed by atoms with Crippen LogP contribution in [0.1, 0.15) is 125 Å². The lowest BCUT2D eigenvalue weighted by atomic mass is 9.78. The summed E-state index contributed by atoms with van der Waals surface area (Å²) in [5.74, 6) is -3.14. The standard InChI is InChI=1S/C44H71N7O9.5CH4/c1-13-35-44(8)38(51(42(55)60-44)20-15-14-19-50-25-33(46-47-50)31-17-16-18-32(45)22-31)30(6)49(11)24-26(2)23-43(7,56-12)39(28(4)36(52)29(5)40(54)58-35)59-41-37(53)34(48(9)10)21-27(3)57-41;;;;;/h16-18,22,25-30,34-35,37-39,41,53H,13-15,19-21,23-24,45H2,1-12H3;5*1H4/t26-,27?,28+,29-,30-,34?,35-,37?,38-,39-,41+,43-,44-;;;;;/m1...../s1. The number of unbranched alkanes of at least 4 members (excludes halogenated alkanes) is 1. The van der Waals surface area contributed by atoms with Gasteiger partial charge in [0.05, 0.1) is 30.0 Å². The van der Waals surface area contributed by atoms with Crippen LogP contribution < -0.4 is 5.73 Å². The number of cyclic esters (lactones) is 1. The number of anilines is 1. The fourth-order valence-electron chi connectivity index (χ4n) is 9.82. The van der Waals surface area contributed by atoms with Gasteiger partial charge in [-0.15, -0.1) is 5.10 Å². The number of likely N-dealkylation sites (N-methyl/N-ethyl adjacent to an activating group) is 2. The zero-order valence-electron chi connectivity index (χ0n) is 37.9. The minimum Gasteiger partial charge on any atom is -0.458 e. The van der Waals surface area contributed by atoms with Gasteiger partial charge in [0, 0.05) is 56.0 Å². The lowest BCUT2D eigenvalue weighted by molar-refractivity contribution is -0.295. The lowest BCUT2D eigenvalue weighted by Gasteiger charge is -2.47. The van der Waals surface area contributed by atoms with Gasteiger partial charge in [-0.2, -0.15) is 0 Å². The topological polar surface area (TPSA) is 184 Å². The van der Waals surface area contributed by atoms with Crippen LogP contribution >= 0.6 is 0 Å². The van der Waals surface area contributed by atoms with Gasteiger partial charge in [-0.3, -0.25) is 19.2 Å². The van der Waals surface area contributed by atoms with E-state index >= 15 is 0 Å². The molecule has 13 atom stereocenters. The Morgan fingerprint density at radius 2 is 1.65 bits per heavy atom. The molecule has 5 rings (SSSR count). The molecule has 3 N–H and O–H groups in total. The number of ether oxygens (including phenoxy) is 5. The molecule has 0 bridgehead atoms. The second-order valence-electron chi connectivity index (χ2n) is 18.3. The molecule has 0 aliphatic carbocycles. The number of hydrogen-bond acceptors (Lipinski definition) is 14. The largest absolute Gasteiger partial charge is 0.458 e. The van der Waals surface area contributed by atoms with Gasteiger partial charge in [0.1, 0.15) is 23.8 Å². The van der Waals surface area contributed by atoms with Crippen LogP contribution in [-0.2, 0) is 39.8 Å². The molecule has 16 heteroatoms. The van der Waals surface area contributed by atoms with Crippen LogP contribution in [0.3, 0.4) is 0 Å². The minimum absolute atomic E-state index is 0. The normalized spacial score (nSPS) is 33.6. The summed E-state index contributed by atoms with van der Waals surface area (Å²) in [5.41, 5.74) is 5.97. The number of aliphatic hydroxyl groups is 1. The van der Waals surface area contributed by atoms with Gasteiger partial charge < -0.3 is 44.3 Å². The van der Waals surface area contributed by atoms with Gasteiger partial charge >= 0.3 is 12.1 Å². The van der Waals surface area contributed by atoms with Crippen molar-refractivity contribution in [1.29, 1.82) is 0 Å². The number of aromatic nitrogens is 3. The number of aliphatic hydroxyl groups excluding tert-OH is 1. The molecule has 65 heavy (non-hydrogen) atoms. The molecule has 1 aromatic carbocycles. The molecule has 3 saturated heterocycles. The molecule has 2 aromatic rings. The minimum atomic E-state index is -1.23. The molecule has 376 valence electrons. The van der Waals surface area contributed by atoms with Gasteiger partial charge in [-0.05, 0) is 106 Å². The van der Waals surface area contributed by atoms with E-state index in [0.29, 0.717) is 57.4 Å². The fourth-order valence-corrected chi connectivity index (χ4v) is 9.82. The quantitative estimate of drug-likeness (QED) is 0.0963. The van der Waals surface area contributed by atoms with Crippen molar-refractivity contribution < 1.29 is 43.2 Å². The van der Waals surface area contributed by atoms with Gasteiger partial charge in [0.2, 0.25) is 0 Å². The predicted molar refractivity (Wildman–Crippen MR) is 260 cm³/mol. The van der Waals surface area contributed by atoms with Crippen molar-refractivity contribution in [3.8, 4) is 11.3 Å². The number of carbonyl (C=O) groups is 3. The number of fused-ring (bicyclic) bond motifs is 1. The average Bonchev–Trinajstić information content (AvgIpc) is 3.78. The molecule has 0 radical (unpaired) electrons. The number of aryl methyl sites for hydroxylation is 1. The summed E-state index contributed by atoms with van der Waals surface area (Å²) < 4.78 is 33.5. The monoisotopic (exact) mass is 922 g/mol. The third kappa shape index (κ3) is 13.5. The smallest absolute Gasteiger partial charge is 0.410 e. The molecule has 1 amide bonds. The number of nitrogens with two attached hydrogens (primary N) is 1. The number of esters is 1. The number of nitrogen functional groups attached to an aromatic ring is 1. The highest BCUT2D eigenvalue weighted by Gasteiger charge is 2.59. The van der Waals surface area contributed by atoms with E-state index < -0.39 is 71.5 Å². The molecule has 3 aliphatic heterocycles. The van der Waals surface area contributed by atoms with Gasteiger partial charge in [-0.25, -0.2) is 4.79 Å². The Balaban J connectivity index is 0.00000819. The van der Waals surface area contributed by atoms with Crippen LogP contribution in [0.4, 0.5) is 10.5 Å². The highest BCUT2D eigenvalue weighted by molar-refractivity contribution is 6.00. The Kier molecular flexibility index (Phi) is 24.0. The van der Waals surface area contributed by atoms with E-state index in [1.54, 1.807) is 30.5 Å². The first-order valence-corrected chi connectivity index (χ1v) is 21.6. The second kappa shape index (κ2) is 25.5. The molecule has 16 nitrogen and oxygen atoms in total. The molecule has 3 unspecified atom stereocenters. The zero-order chi connectivity index (χ0) is 44.3. The molecule has 0 saturated carbocycles. The van der Waals surface area contributed by atoms with E-state index in [2.05, 4.69) is 29.1 Å². The molecule has 3 aliphatic rings. The van der Waals surface area contributed by atoms with Gasteiger partial charge in [0.15, 0.2) is 17.7 Å². The fraction of sp³-hybridized carbons (Fsp3) is 0.776. The van der Waals surface area contributed by atoms with Crippen molar-refractivity contribution in [3.63, 3.8) is 0 Å². The Morgan fingerprint density at radius 3 is 2.25 bits per heavy atom. The van der Waals surface area contributed by atoms with E-state index in [4.69, 9.17) is 29.4 Å². The first kappa shape index (κ1) is 61.3. The van der Waals surface area contributed by atoms with Crippen LogP contribution in [0.5, 0.6) is 0 Å². The zero-order valence-corrected chi connectivity index (χ0v) is 37.9. The highest BCUT2D eigenvalue weighted by Crippen LogP contribution is 2.41. The van der Waals surface area contributed by atoms with Gasteiger partial charge in [0.25, 0.3) is 0 Å². The van der Waals surface area contributed by atoms with E-state index in [1.807, 2.05) is 84.2 Å². The molecular weight excluding hydrogens is 831 g/mol. The third-order valence-electron chi connectivity index (χ3n) is 13.3. The number of hydrogen-bond donors (Lipinski definition) is 2.